The molecule has 150 valence electrons. The molecule has 0 amide bonds. The molecule has 0 bridgehead atoms. The fourth-order valence-electron chi connectivity index (χ4n) is 3.44. The average Bonchev–Trinajstić information content (AvgIpc) is 3.35. The quantitative estimate of drug-likeness (QED) is 0.452. The van der Waals surface area contributed by atoms with Gasteiger partial charge in [-0.1, -0.05) is 12.1 Å². The highest BCUT2D eigenvalue weighted by atomic mass is 32.1. The topological polar surface area (TPSA) is 101 Å². The zero-order valence-electron chi connectivity index (χ0n) is 15.9. The second kappa shape index (κ2) is 7.30. The monoisotopic (exact) mass is 421 g/mol. The molecule has 10 heteroatoms. The molecule has 0 unspecified atom stereocenters. The van der Waals surface area contributed by atoms with Crippen molar-refractivity contribution in [3.8, 4) is 11.1 Å². The Hall–Kier alpha value is -3.66. The number of benzene rings is 1. The first kappa shape index (κ1) is 18.4. The molecular formula is C20H16FN7OS. The summed E-state index contributed by atoms with van der Waals surface area (Å²) in [6.45, 7) is 2.33. The average molecular weight is 421 g/mol. The summed E-state index contributed by atoms with van der Waals surface area (Å²) in [5.74, 6) is 0.223. The number of hydrogen-bond donors (Lipinski definition) is 2. The van der Waals surface area contributed by atoms with Gasteiger partial charge < -0.3 is 10.3 Å². The van der Waals surface area contributed by atoms with Gasteiger partial charge in [0.2, 0.25) is 0 Å². The van der Waals surface area contributed by atoms with Crippen LogP contribution in [0, 0.1) is 12.7 Å². The van der Waals surface area contributed by atoms with Crippen molar-refractivity contribution in [3.05, 3.63) is 69.9 Å². The lowest BCUT2D eigenvalue weighted by atomic mass is 10.0. The van der Waals surface area contributed by atoms with Crippen molar-refractivity contribution in [1.29, 1.82) is 0 Å². The number of imidazole rings is 1. The number of anilines is 1. The van der Waals surface area contributed by atoms with E-state index in [2.05, 4.69) is 25.3 Å². The van der Waals surface area contributed by atoms with Crippen LogP contribution in [0.3, 0.4) is 0 Å². The maximum Gasteiger partial charge on any atom is 0.266 e. The number of halogens is 1. The minimum atomic E-state index is -0.397. The highest BCUT2D eigenvalue weighted by Gasteiger charge is 2.17. The molecule has 0 saturated heterocycles. The molecule has 5 rings (SSSR count). The van der Waals surface area contributed by atoms with Crippen LogP contribution >= 0.6 is 11.3 Å². The van der Waals surface area contributed by atoms with E-state index in [1.54, 1.807) is 22.9 Å². The van der Waals surface area contributed by atoms with Gasteiger partial charge in [-0.15, -0.1) is 11.3 Å². The summed E-state index contributed by atoms with van der Waals surface area (Å²) in [4.78, 5) is 34.1. The molecule has 0 aliphatic heterocycles. The third kappa shape index (κ3) is 3.11. The number of aromatic nitrogens is 6. The van der Waals surface area contributed by atoms with Gasteiger partial charge in [-0.25, -0.2) is 24.3 Å². The van der Waals surface area contributed by atoms with E-state index < -0.39 is 5.82 Å². The Kier molecular flexibility index (Phi) is 4.47. The summed E-state index contributed by atoms with van der Waals surface area (Å²) in [7, 11) is 0. The standard InChI is InChI=1S/C20H16FN7OS/c1-11-8-30-20-27-14(5-6-22-17-16-18(24-9-23-16)26-10-25-17)15(19(29)28(11)20)12-3-2-4-13(21)7-12/h2-4,7-10H,5-6H2,1H3,(H2,22,23,24,25,26). The molecular weight excluding hydrogens is 405 g/mol. The number of aromatic amines is 1. The Morgan fingerprint density at radius 3 is 3.03 bits per heavy atom. The fourth-order valence-corrected chi connectivity index (χ4v) is 4.31. The van der Waals surface area contributed by atoms with Gasteiger partial charge in [-0.3, -0.25) is 9.20 Å². The molecule has 0 spiro atoms. The lowest BCUT2D eigenvalue weighted by Gasteiger charge is -2.11. The molecule has 1 aromatic carbocycles. The van der Waals surface area contributed by atoms with Gasteiger partial charge in [-0.05, 0) is 24.6 Å². The predicted octanol–water partition coefficient (Wildman–Crippen LogP) is 3.19. The Morgan fingerprint density at radius 1 is 1.27 bits per heavy atom. The van der Waals surface area contributed by atoms with Gasteiger partial charge in [-0.2, -0.15) is 0 Å². The van der Waals surface area contributed by atoms with E-state index in [4.69, 9.17) is 4.98 Å². The third-order valence-electron chi connectivity index (χ3n) is 4.81. The van der Waals surface area contributed by atoms with Crippen molar-refractivity contribution in [3.63, 3.8) is 0 Å². The van der Waals surface area contributed by atoms with Crippen LogP contribution in [0.5, 0.6) is 0 Å². The summed E-state index contributed by atoms with van der Waals surface area (Å²) in [6, 6.07) is 6.04. The summed E-state index contributed by atoms with van der Waals surface area (Å²) in [6.07, 6.45) is 3.45. The molecule has 8 nitrogen and oxygen atoms in total. The van der Waals surface area contributed by atoms with Crippen LogP contribution in [-0.2, 0) is 6.42 Å². The Balaban J connectivity index is 1.54. The number of hydrogen-bond acceptors (Lipinski definition) is 7. The van der Waals surface area contributed by atoms with E-state index in [1.165, 1.54) is 29.8 Å². The van der Waals surface area contributed by atoms with E-state index in [-0.39, 0.29) is 5.56 Å². The van der Waals surface area contributed by atoms with E-state index in [0.29, 0.717) is 51.7 Å². The minimum absolute atomic E-state index is 0.197. The van der Waals surface area contributed by atoms with Crippen LogP contribution in [0.4, 0.5) is 10.2 Å². The van der Waals surface area contributed by atoms with Gasteiger partial charge in [0, 0.05) is 24.0 Å². The molecule has 2 N–H and O–H groups in total. The number of nitrogens with one attached hydrogen (secondary N) is 2. The van der Waals surface area contributed by atoms with Gasteiger partial charge in [0.1, 0.15) is 17.7 Å². The molecule has 4 aromatic heterocycles. The first-order valence-corrected chi connectivity index (χ1v) is 10.1. The largest absolute Gasteiger partial charge is 0.368 e. The SMILES string of the molecule is Cc1csc2nc(CCNc3ncnc4nc[nH]c34)c(-c3cccc(F)c3)c(=O)n12. The normalized spacial score (nSPS) is 11.4. The maximum absolute atomic E-state index is 13.9. The van der Waals surface area contributed by atoms with Crippen molar-refractivity contribution in [2.75, 3.05) is 11.9 Å². The number of H-pyrrole nitrogens is 1. The van der Waals surface area contributed by atoms with Crippen LogP contribution in [0.15, 0.2) is 47.1 Å². The molecule has 0 saturated carbocycles. The molecule has 0 fully saturated rings. The third-order valence-corrected chi connectivity index (χ3v) is 5.75. The first-order chi connectivity index (χ1) is 14.6. The highest BCUT2D eigenvalue weighted by Crippen LogP contribution is 2.23. The molecule has 30 heavy (non-hydrogen) atoms. The van der Waals surface area contributed by atoms with Crippen molar-refractivity contribution >= 4 is 33.3 Å². The zero-order chi connectivity index (χ0) is 20.7. The lowest BCUT2D eigenvalue weighted by molar-refractivity contribution is 0.628. The van der Waals surface area contributed by atoms with E-state index in [0.717, 1.165) is 5.69 Å². The Morgan fingerprint density at radius 2 is 2.17 bits per heavy atom. The Bertz CT molecular complexity index is 1440. The van der Waals surface area contributed by atoms with Crippen molar-refractivity contribution in [2.45, 2.75) is 13.3 Å². The van der Waals surface area contributed by atoms with Crippen LogP contribution in [0.2, 0.25) is 0 Å². The van der Waals surface area contributed by atoms with Gasteiger partial charge in [0.05, 0.1) is 17.6 Å². The summed E-state index contributed by atoms with van der Waals surface area (Å²) < 4.78 is 15.4. The Labute approximate surface area is 173 Å². The smallest absolute Gasteiger partial charge is 0.266 e. The summed E-state index contributed by atoms with van der Waals surface area (Å²) in [5, 5.41) is 5.13. The zero-order valence-corrected chi connectivity index (χ0v) is 16.7. The molecule has 0 radical (unpaired) electrons. The molecule has 0 aliphatic rings. The number of thiazole rings is 1. The second-order valence-corrected chi connectivity index (χ2v) is 7.58. The van der Waals surface area contributed by atoms with Crippen molar-refractivity contribution in [1.82, 2.24) is 29.3 Å². The summed E-state index contributed by atoms with van der Waals surface area (Å²) >= 11 is 1.41. The number of fused-ring (bicyclic) bond motifs is 2. The van der Waals surface area contributed by atoms with Crippen molar-refractivity contribution in [2.24, 2.45) is 0 Å². The fraction of sp³-hybridized carbons (Fsp3) is 0.150. The highest BCUT2D eigenvalue weighted by molar-refractivity contribution is 7.15. The van der Waals surface area contributed by atoms with E-state index in [9.17, 15) is 9.18 Å². The molecule has 0 aliphatic carbocycles. The predicted molar refractivity (Wildman–Crippen MR) is 113 cm³/mol. The second-order valence-electron chi connectivity index (χ2n) is 6.74. The molecule has 0 atom stereocenters. The van der Waals surface area contributed by atoms with Crippen molar-refractivity contribution < 1.29 is 4.39 Å². The number of rotatable bonds is 5. The van der Waals surface area contributed by atoms with Gasteiger partial charge in [0.25, 0.3) is 5.56 Å². The van der Waals surface area contributed by atoms with Crippen LogP contribution in [-0.4, -0.2) is 35.9 Å². The molecule has 5 aromatic rings. The van der Waals surface area contributed by atoms with Gasteiger partial charge in [0.15, 0.2) is 16.4 Å². The maximum atomic E-state index is 13.9. The van der Waals surface area contributed by atoms with Crippen LogP contribution in [0.25, 0.3) is 27.3 Å². The number of aryl methyl sites for hydroxylation is 1. The van der Waals surface area contributed by atoms with Crippen LogP contribution < -0.4 is 10.9 Å². The van der Waals surface area contributed by atoms with E-state index >= 15 is 0 Å². The van der Waals surface area contributed by atoms with Crippen LogP contribution in [0.1, 0.15) is 11.4 Å². The lowest BCUT2D eigenvalue weighted by Crippen LogP contribution is -2.21. The summed E-state index contributed by atoms with van der Waals surface area (Å²) in [5.41, 5.74) is 3.41. The minimum Gasteiger partial charge on any atom is -0.368 e. The van der Waals surface area contributed by atoms with Gasteiger partial charge >= 0.3 is 0 Å². The van der Waals surface area contributed by atoms with E-state index in [1.807, 2.05) is 12.3 Å². The number of nitrogens with zero attached hydrogens (tertiary/aromatic N) is 5. The molecule has 4 heterocycles. The first-order valence-electron chi connectivity index (χ1n) is 9.25.